The van der Waals surface area contributed by atoms with Gasteiger partial charge in [0.05, 0.1) is 5.56 Å². The molecule has 0 fully saturated rings. The van der Waals surface area contributed by atoms with Gasteiger partial charge in [0, 0.05) is 4.99 Å². The molecule has 0 atom stereocenters. The Hall–Kier alpha value is -1.13. The molecule has 15 heavy (non-hydrogen) atoms. The third-order valence-electron chi connectivity index (χ3n) is 1.53. The van der Waals surface area contributed by atoms with E-state index in [2.05, 4.69) is 21.7 Å². The van der Waals surface area contributed by atoms with Gasteiger partial charge in [0.1, 0.15) is 0 Å². The van der Waals surface area contributed by atoms with Crippen molar-refractivity contribution in [2.45, 2.75) is 0 Å². The second-order valence-electron chi connectivity index (χ2n) is 2.40. The minimum atomic E-state index is -2.18. The lowest BCUT2D eigenvalue weighted by Crippen LogP contribution is -2.03. The summed E-state index contributed by atoms with van der Waals surface area (Å²) in [7, 11) is 0. The van der Waals surface area contributed by atoms with E-state index in [0.717, 1.165) is 4.99 Å². The minimum absolute atomic E-state index is 0.644. The fourth-order valence-corrected chi connectivity index (χ4v) is 0.996. The Morgan fingerprint density at radius 3 is 1.60 bits per heavy atom. The summed E-state index contributed by atoms with van der Waals surface area (Å²) in [6, 6.07) is 0. The van der Waals surface area contributed by atoms with Gasteiger partial charge in [-0.3, -0.25) is 0 Å². The third-order valence-corrected chi connectivity index (χ3v) is 1.80. The highest BCUT2D eigenvalue weighted by atomic mass is 79.9. The fraction of sp³-hybridized carbons (Fsp3) is 0. The number of halogens is 6. The summed E-state index contributed by atoms with van der Waals surface area (Å²) >= 11 is 2.73. The Kier molecular flexibility index (Phi) is 3.66. The molecular weight excluding hydrogens is 283 g/mol. The van der Waals surface area contributed by atoms with Crippen molar-refractivity contribution in [3.63, 3.8) is 0 Å². The van der Waals surface area contributed by atoms with Crippen LogP contribution in [0.25, 0.3) is 6.08 Å². The predicted octanol–water partition coefficient (Wildman–Crippen LogP) is 3.90. The number of rotatable bonds is 1. The summed E-state index contributed by atoms with van der Waals surface area (Å²) in [5.74, 6) is -9.89. The first-order chi connectivity index (χ1) is 7.00. The van der Waals surface area contributed by atoms with Crippen molar-refractivity contribution in [1.82, 2.24) is 0 Å². The maximum absolute atomic E-state index is 12.9. The van der Waals surface area contributed by atoms with Gasteiger partial charge in [-0.15, -0.1) is 5.73 Å². The minimum Gasteiger partial charge on any atom is -0.203 e. The summed E-state index contributed by atoms with van der Waals surface area (Å²) < 4.78 is 63.5. The van der Waals surface area contributed by atoms with Crippen molar-refractivity contribution < 1.29 is 22.0 Å². The quantitative estimate of drug-likeness (QED) is 0.318. The van der Waals surface area contributed by atoms with Gasteiger partial charge >= 0.3 is 0 Å². The molecule has 0 heterocycles. The van der Waals surface area contributed by atoms with Crippen molar-refractivity contribution in [3.8, 4) is 0 Å². The molecule has 80 valence electrons. The molecule has 0 radical (unpaired) electrons. The molecule has 1 aromatic carbocycles. The molecular formula is C9H2BrF5. The van der Waals surface area contributed by atoms with Gasteiger partial charge in [-0.2, -0.15) is 0 Å². The van der Waals surface area contributed by atoms with Crippen LogP contribution in [-0.4, -0.2) is 0 Å². The highest BCUT2D eigenvalue weighted by Gasteiger charge is 2.23. The first kappa shape index (κ1) is 11.9. The maximum atomic E-state index is 12.9. The molecule has 1 rings (SSSR count). The SMILES string of the molecule is Fc1c(F)c(F)c(C=C=CBr)c(F)c1F. The smallest absolute Gasteiger partial charge is 0.200 e. The molecule has 0 nitrogen and oxygen atoms in total. The van der Waals surface area contributed by atoms with E-state index in [-0.39, 0.29) is 0 Å². The van der Waals surface area contributed by atoms with E-state index in [1.54, 1.807) is 0 Å². The van der Waals surface area contributed by atoms with E-state index in [1.165, 1.54) is 0 Å². The first-order valence-electron chi connectivity index (χ1n) is 3.53. The lowest BCUT2D eigenvalue weighted by atomic mass is 10.1. The Balaban J connectivity index is 3.59. The zero-order chi connectivity index (χ0) is 11.6. The van der Waals surface area contributed by atoms with Crippen molar-refractivity contribution in [1.29, 1.82) is 0 Å². The van der Waals surface area contributed by atoms with Crippen LogP contribution in [0.1, 0.15) is 5.56 Å². The van der Waals surface area contributed by atoms with Crippen LogP contribution in [-0.2, 0) is 0 Å². The molecule has 0 aliphatic rings. The molecule has 0 saturated heterocycles. The van der Waals surface area contributed by atoms with Crippen LogP contribution in [0.15, 0.2) is 10.7 Å². The maximum Gasteiger partial charge on any atom is 0.200 e. The molecule has 6 heteroatoms. The van der Waals surface area contributed by atoms with Crippen LogP contribution in [0.3, 0.4) is 0 Å². The van der Waals surface area contributed by atoms with Gasteiger partial charge in [-0.05, 0) is 6.08 Å². The zero-order valence-corrected chi connectivity index (χ0v) is 8.51. The molecule has 0 spiro atoms. The van der Waals surface area contributed by atoms with E-state index in [4.69, 9.17) is 0 Å². The molecule has 0 unspecified atom stereocenters. The van der Waals surface area contributed by atoms with E-state index in [1.807, 2.05) is 0 Å². The molecule has 1 aromatic rings. The van der Waals surface area contributed by atoms with Crippen LogP contribution in [0, 0.1) is 29.1 Å². The van der Waals surface area contributed by atoms with Crippen LogP contribution in [0.5, 0.6) is 0 Å². The monoisotopic (exact) mass is 284 g/mol. The lowest BCUT2D eigenvalue weighted by Gasteiger charge is -2.02. The second-order valence-corrected chi connectivity index (χ2v) is 2.86. The average Bonchev–Trinajstić information content (AvgIpc) is 2.24. The van der Waals surface area contributed by atoms with Crippen molar-refractivity contribution in [2.75, 3.05) is 0 Å². The summed E-state index contributed by atoms with van der Waals surface area (Å²) in [6.07, 6.45) is 0.644. The van der Waals surface area contributed by atoms with Gasteiger partial charge in [0.25, 0.3) is 0 Å². The van der Waals surface area contributed by atoms with Crippen LogP contribution in [0.4, 0.5) is 22.0 Å². The Morgan fingerprint density at radius 2 is 1.20 bits per heavy atom. The third kappa shape index (κ3) is 2.11. The van der Waals surface area contributed by atoms with E-state index in [0.29, 0.717) is 6.08 Å². The van der Waals surface area contributed by atoms with Gasteiger partial charge in [0.2, 0.25) is 5.82 Å². The summed E-state index contributed by atoms with van der Waals surface area (Å²) in [4.78, 5) is 1.09. The van der Waals surface area contributed by atoms with E-state index >= 15 is 0 Å². The predicted molar refractivity (Wildman–Crippen MR) is 47.7 cm³/mol. The summed E-state index contributed by atoms with van der Waals surface area (Å²) in [5.41, 5.74) is 1.13. The lowest BCUT2D eigenvalue weighted by molar-refractivity contribution is 0.377. The van der Waals surface area contributed by atoms with Gasteiger partial charge < -0.3 is 0 Å². The zero-order valence-electron chi connectivity index (χ0n) is 6.92. The Bertz CT molecular complexity index is 431. The van der Waals surface area contributed by atoms with Gasteiger partial charge in [-0.25, -0.2) is 22.0 Å². The van der Waals surface area contributed by atoms with E-state index < -0.39 is 34.6 Å². The molecule has 0 bridgehead atoms. The molecule has 0 aromatic heterocycles. The van der Waals surface area contributed by atoms with E-state index in [9.17, 15) is 22.0 Å². The van der Waals surface area contributed by atoms with Crippen molar-refractivity contribution in [2.24, 2.45) is 0 Å². The fourth-order valence-electron chi connectivity index (χ4n) is 0.863. The van der Waals surface area contributed by atoms with Crippen LogP contribution >= 0.6 is 15.9 Å². The highest BCUT2D eigenvalue weighted by molar-refractivity contribution is 9.11. The van der Waals surface area contributed by atoms with Crippen LogP contribution in [0.2, 0.25) is 0 Å². The number of hydrogen-bond donors (Lipinski definition) is 0. The number of benzene rings is 1. The van der Waals surface area contributed by atoms with Crippen molar-refractivity contribution >= 4 is 22.0 Å². The summed E-state index contributed by atoms with van der Waals surface area (Å²) in [5, 5.41) is 0. The highest BCUT2D eigenvalue weighted by Crippen LogP contribution is 2.23. The molecule has 0 amide bonds. The molecule has 0 saturated carbocycles. The standard InChI is InChI=1S/C9H2BrF5/c10-3-1-2-4-5(11)7(13)9(15)8(14)6(4)12/h2-3H. The average molecular weight is 285 g/mol. The summed E-state index contributed by atoms with van der Waals surface area (Å²) in [6.45, 7) is 0. The normalized spacial score (nSPS) is 9.73. The molecule has 0 aliphatic carbocycles. The second kappa shape index (κ2) is 4.59. The Labute approximate surface area is 89.8 Å². The molecule has 0 N–H and O–H groups in total. The van der Waals surface area contributed by atoms with Crippen molar-refractivity contribution in [3.05, 3.63) is 45.4 Å². The topological polar surface area (TPSA) is 0 Å². The Morgan fingerprint density at radius 1 is 0.800 bits per heavy atom. The molecule has 0 aliphatic heterocycles. The van der Waals surface area contributed by atoms with Gasteiger partial charge in [-0.1, -0.05) is 15.9 Å². The largest absolute Gasteiger partial charge is 0.203 e. The van der Waals surface area contributed by atoms with Crippen LogP contribution < -0.4 is 0 Å². The number of hydrogen-bond acceptors (Lipinski definition) is 0. The van der Waals surface area contributed by atoms with Gasteiger partial charge in [0.15, 0.2) is 23.3 Å². The first-order valence-corrected chi connectivity index (χ1v) is 4.44.